The standard InChI is InChI=1S/C16H19N3OS/c1-3-17-13(11-21-16-18-8-9-19(16)2)15-10-12-6-4-5-7-14(12)20-15/h4-10,13,17H,3,11H2,1-2H3. The van der Waals surface area contributed by atoms with Crippen molar-refractivity contribution in [1.82, 2.24) is 14.9 Å². The van der Waals surface area contributed by atoms with E-state index in [9.17, 15) is 0 Å². The van der Waals surface area contributed by atoms with Crippen molar-refractivity contribution in [2.45, 2.75) is 18.1 Å². The molecule has 0 aliphatic rings. The van der Waals surface area contributed by atoms with Gasteiger partial charge in [-0.2, -0.15) is 0 Å². The maximum absolute atomic E-state index is 5.98. The molecule has 110 valence electrons. The van der Waals surface area contributed by atoms with Crippen molar-refractivity contribution in [2.75, 3.05) is 12.3 Å². The first-order valence-electron chi connectivity index (χ1n) is 7.10. The van der Waals surface area contributed by atoms with E-state index in [-0.39, 0.29) is 6.04 Å². The predicted molar refractivity (Wildman–Crippen MR) is 86.6 cm³/mol. The third-order valence-electron chi connectivity index (χ3n) is 3.39. The molecule has 1 aromatic carbocycles. The van der Waals surface area contributed by atoms with Gasteiger partial charge in [-0.25, -0.2) is 4.98 Å². The van der Waals surface area contributed by atoms with Gasteiger partial charge in [0.1, 0.15) is 11.3 Å². The number of nitrogens with zero attached hydrogens (tertiary/aromatic N) is 2. The fraction of sp³-hybridized carbons (Fsp3) is 0.312. The zero-order chi connectivity index (χ0) is 14.7. The van der Waals surface area contributed by atoms with E-state index in [0.29, 0.717) is 0 Å². The highest BCUT2D eigenvalue weighted by Gasteiger charge is 2.16. The van der Waals surface area contributed by atoms with E-state index in [1.807, 2.05) is 42.2 Å². The molecular weight excluding hydrogens is 282 g/mol. The molecule has 0 bridgehead atoms. The summed E-state index contributed by atoms with van der Waals surface area (Å²) < 4.78 is 8.01. The first-order chi connectivity index (χ1) is 10.3. The summed E-state index contributed by atoms with van der Waals surface area (Å²) in [5, 5.41) is 5.66. The topological polar surface area (TPSA) is 43.0 Å². The molecule has 5 heteroatoms. The van der Waals surface area contributed by atoms with Gasteiger partial charge in [-0.3, -0.25) is 0 Å². The van der Waals surface area contributed by atoms with Crippen LogP contribution in [0.15, 0.2) is 52.3 Å². The molecule has 2 aromatic heterocycles. The lowest BCUT2D eigenvalue weighted by Gasteiger charge is -2.14. The van der Waals surface area contributed by atoms with Crippen LogP contribution in [0, 0.1) is 0 Å². The van der Waals surface area contributed by atoms with Crippen LogP contribution < -0.4 is 5.32 Å². The maximum atomic E-state index is 5.98. The van der Waals surface area contributed by atoms with Gasteiger partial charge in [-0.1, -0.05) is 36.9 Å². The van der Waals surface area contributed by atoms with Gasteiger partial charge < -0.3 is 14.3 Å². The number of nitrogens with one attached hydrogen (secondary N) is 1. The highest BCUT2D eigenvalue weighted by molar-refractivity contribution is 7.99. The summed E-state index contributed by atoms with van der Waals surface area (Å²) in [5.74, 6) is 1.87. The van der Waals surface area contributed by atoms with E-state index >= 15 is 0 Å². The molecule has 0 spiro atoms. The Labute approximate surface area is 128 Å². The Hall–Kier alpha value is -1.72. The summed E-state index contributed by atoms with van der Waals surface area (Å²) >= 11 is 1.74. The normalized spacial score (nSPS) is 12.9. The van der Waals surface area contributed by atoms with Crippen molar-refractivity contribution in [1.29, 1.82) is 0 Å². The highest BCUT2D eigenvalue weighted by atomic mass is 32.2. The monoisotopic (exact) mass is 301 g/mol. The summed E-state index contributed by atoms with van der Waals surface area (Å²) in [7, 11) is 2.01. The highest BCUT2D eigenvalue weighted by Crippen LogP contribution is 2.28. The Morgan fingerprint density at radius 2 is 2.24 bits per heavy atom. The molecule has 1 unspecified atom stereocenters. The summed E-state index contributed by atoms with van der Waals surface area (Å²) in [4.78, 5) is 4.35. The van der Waals surface area contributed by atoms with E-state index in [1.54, 1.807) is 11.8 Å². The summed E-state index contributed by atoms with van der Waals surface area (Å²) in [6, 6.07) is 10.4. The van der Waals surface area contributed by atoms with Crippen LogP contribution >= 0.6 is 11.8 Å². The number of thioether (sulfide) groups is 1. The molecule has 2 heterocycles. The van der Waals surface area contributed by atoms with Gasteiger partial charge in [0.2, 0.25) is 0 Å². The molecule has 0 saturated carbocycles. The van der Waals surface area contributed by atoms with E-state index < -0.39 is 0 Å². The van der Waals surface area contributed by atoms with Crippen LogP contribution in [0.2, 0.25) is 0 Å². The Morgan fingerprint density at radius 1 is 1.38 bits per heavy atom. The zero-order valence-electron chi connectivity index (χ0n) is 12.2. The number of hydrogen-bond acceptors (Lipinski definition) is 4. The van der Waals surface area contributed by atoms with Gasteiger partial charge >= 0.3 is 0 Å². The van der Waals surface area contributed by atoms with Crippen molar-refractivity contribution in [3.63, 3.8) is 0 Å². The summed E-state index contributed by atoms with van der Waals surface area (Å²) in [5.41, 5.74) is 0.942. The first-order valence-corrected chi connectivity index (χ1v) is 8.08. The Morgan fingerprint density at radius 3 is 2.95 bits per heavy atom. The lowest BCUT2D eigenvalue weighted by molar-refractivity contribution is 0.463. The molecule has 0 fully saturated rings. The number of aromatic nitrogens is 2. The van der Waals surface area contributed by atoms with E-state index in [4.69, 9.17) is 4.42 Å². The van der Waals surface area contributed by atoms with Crippen LogP contribution in [0.25, 0.3) is 11.0 Å². The number of rotatable bonds is 6. The quantitative estimate of drug-likeness (QED) is 0.706. The lowest BCUT2D eigenvalue weighted by Crippen LogP contribution is -2.22. The fourth-order valence-electron chi connectivity index (χ4n) is 2.31. The zero-order valence-corrected chi connectivity index (χ0v) is 13.1. The van der Waals surface area contributed by atoms with E-state index in [0.717, 1.165) is 34.2 Å². The fourth-order valence-corrected chi connectivity index (χ4v) is 3.31. The second kappa shape index (κ2) is 6.37. The number of fused-ring (bicyclic) bond motifs is 1. The second-order valence-corrected chi connectivity index (χ2v) is 5.92. The number of hydrogen-bond donors (Lipinski definition) is 1. The predicted octanol–water partition coefficient (Wildman–Crippen LogP) is 3.61. The molecule has 3 rings (SSSR count). The van der Waals surface area contributed by atoms with Crippen molar-refractivity contribution < 1.29 is 4.42 Å². The molecule has 0 amide bonds. The Kier molecular flexibility index (Phi) is 4.31. The molecule has 1 N–H and O–H groups in total. The van der Waals surface area contributed by atoms with Gasteiger partial charge in [0.05, 0.1) is 6.04 Å². The lowest BCUT2D eigenvalue weighted by atomic mass is 10.2. The largest absolute Gasteiger partial charge is 0.459 e. The smallest absolute Gasteiger partial charge is 0.167 e. The molecule has 0 aliphatic heterocycles. The molecule has 1 atom stereocenters. The molecule has 3 aromatic rings. The SMILES string of the molecule is CCNC(CSc1nccn1C)c1cc2ccccc2o1. The van der Waals surface area contributed by atoms with Crippen LogP contribution in [-0.2, 0) is 7.05 Å². The minimum absolute atomic E-state index is 0.184. The third kappa shape index (κ3) is 3.14. The van der Waals surface area contributed by atoms with Crippen LogP contribution in [0.3, 0.4) is 0 Å². The minimum Gasteiger partial charge on any atom is -0.459 e. The van der Waals surface area contributed by atoms with E-state index in [1.165, 1.54) is 0 Å². The summed E-state index contributed by atoms with van der Waals surface area (Å²) in [6.45, 7) is 3.02. The molecule has 0 aliphatic carbocycles. The third-order valence-corrected chi connectivity index (χ3v) is 4.55. The number of imidazole rings is 1. The van der Waals surface area contributed by atoms with Gasteiger partial charge in [-0.05, 0) is 18.7 Å². The molecule has 0 radical (unpaired) electrons. The minimum atomic E-state index is 0.184. The van der Waals surface area contributed by atoms with Crippen molar-refractivity contribution in [2.24, 2.45) is 7.05 Å². The van der Waals surface area contributed by atoms with Crippen LogP contribution in [0.5, 0.6) is 0 Å². The molecule has 0 saturated heterocycles. The van der Waals surface area contributed by atoms with Crippen LogP contribution in [0.1, 0.15) is 18.7 Å². The molecule has 4 nitrogen and oxygen atoms in total. The van der Waals surface area contributed by atoms with Crippen LogP contribution in [-0.4, -0.2) is 21.8 Å². The Balaban J connectivity index is 1.78. The average molecular weight is 301 g/mol. The van der Waals surface area contributed by atoms with Crippen LogP contribution in [0.4, 0.5) is 0 Å². The van der Waals surface area contributed by atoms with Gasteiger partial charge in [0.25, 0.3) is 0 Å². The number of furan rings is 1. The first kappa shape index (κ1) is 14.2. The molecular formula is C16H19N3OS. The van der Waals surface area contributed by atoms with Gasteiger partial charge in [-0.15, -0.1) is 0 Å². The Bertz CT molecular complexity index is 686. The number of aryl methyl sites for hydroxylation is 1. The maximum Gasteiger partial charge on any atom is 0.167 e. The van der Waals surface area contributed by atoms with E-state index in [2.05, 4.69) is 29.4 Å². The van der Waals surface area contributed by atoms with Crippen molar-refractivity contribution >= 4 is 22.7 Å². The number of benzene rings is 1. The molecule has 21 heavy (non-hydrogen) atoms. The second-order valence-electron chi connectivity index (χ2n) is 4.93. The average Bonchev–Trinajstić information content (AvgIpc) is 3.09. The van der Waals surface area contributed by atoms with Gasteiger partial charge in [0, 0.05) is 30.6 Å². The van der Waals surface area contributed by atoms with Gasteiger partial charge in [0.15, 0.2) is 5.16 Å². The number of para-hydroxylation sites is 1. The van der Waals surface area contributed by atoms with Crippen molar-refractivity contribution in [3.8, 4) is 0 Å². The summed E-state index contributed by atoms with van der Waals surface area (Å²) in [6.07, 6.45) is 3.79. The van der Waals surface area contributed by atoms with Crippen molar-refractivity contribution in [3.05, 3.63) is 48.5 Å².